The van der Waals surface area contributed by atoms with Crippen LogP contribution in [0.1, 0.15) is 70.4 Å². The fraction of sp³-hybridized carbons (Fsp3) is 0.810. The van der Waals surface area contributed by atoms with E-state index >= 15 is 0 Å². The van der Waals surface area contributed by atoms with Gasteiger partial charge in [-0.05, 0) is 52.0 Å². The summed E-state index contributed by atoms with van der Waals surface area (Å²) >= 11 is 6.49. The van der Waals surface area contributed by atoms with Gasteiger partial charge in [-0.25, -0.2) is 0 Å². The molecule has 1 unspecified atom stereocenters. The number of aromatic nitrogens is 2. The molecule has 156 valence electrons. The molecule has 3 fully saturated rings. The summed E-state index contributed by atoms with van der Waals surface area (Å²) in [5, 5.41) is 4.69. The normalized spacial score (nSPS) is 25.4. The molecule has 2 saturated heterocycles. The molecule has 0 bridgehead atoms. The first kappa shape index (κ1) is 20.2. The minimum Gasteiger partial charge on any atom is -0.369 e. The number of ether oxygens (including phenoxy) is 1. The molecule has 1 saturated carbocycles. The Morgan fingerprint density at radius 2 is 1.71 bits per heavy atom. The van der Waals surface area contributed by atoms with Gasteiger partial charge in [0, 0.05) is 31.8 Å². The summed E-state index contributed by atoms with van der Waals surface area (Å²) in [4.78, 5) is 17.6. The van der Waals surface area contributed by atoms with Crippen molar-refractivity contribution in [3.63, 3.8) is 0 Å². The molecule has 0 amide bonds. The molecule has 28 heavy (non-hydrogen) atoms. The van der Waals surface area contributed by atoms with Crippen molar-refractivity contribution in [3.05, 3.63) is 21.6 Å². The van der Waals surface area contributed by atoms with Crippen LogP contribution in [0, 0.1) is 0 Å². The van der Waals surface area contributed by atoms with Crippen molar-refractivity contribution in [2.75, 3.05) is 31.6 Å². The quantitative estimate of drug-likeness (QED) is 0.757. The zero-order chi connectivity index (χ0) is 19.5. The van der Waals surface area contributed by atoms with E-state index in [1.165, 1.54) is 36.8 Å². The molecular formula is C21H33ClN4O2. The molecular weight excluding hydrogens is 376 g/mol. The van der Waals surface area contributed by atoms with Crippen LogP contribution in [0.15, 0.2) is 11.0 Å². The summed E-state index contributed by atoms with van der Waals surface area (Å²) < 4.78 is 7.13. The van der Waals surface area contributed by atoms with Crippen molar-refractivity contribution in [1.82, 2.24) is 14.7 Å². The number of halogens is 1. The maximum absolute atomic E-state index is 12.8. The fourth-order valence-electron chi connectivity index (χ4n) is 5.08. The smallest absolute Gasteiger partial charge is 0.290 e. The van der Waals surface area contributed by atoms with Crippen LogP contribution in [-0.4, -0.2) is 53.5 Å². The number of anilines is 1. The third-order valence-corrected chi connectivity index (χ3v) is 7.24. The van der Waals surface area contributed by atoms with Crippen LogP contribution >= 0.6 is 11.6 Å². The predicted molar refractivity (Wildman–Crippen MR) is 112 cm³/mol. The van der Waals surface area contributed by atoms with Crippen molar-refractivity contribution in [3.8, 4) is 0 Å². The summed E-state index contributed by atoms with van der Waals surface area (Å²) in [5.41, 5.74) is 0.546. The molecule has 1 atom stereocenters. The topological polar surface area (TPSA) is 50.6 Å². The first-order chi connectivity index (χ1) is 13.6. The van der Waals surface area contributed by atoms with Crippen LogP contribution < -0.4 is 10.5 Å². The molecule has 0 spiro atoms. The number of hydrogen-bond donors (Lipinski definition) is 0. The average Bonchev–Trinajstić information content (AvgIpc) is 2.76. The van der Waals surface area contributed by atoms with Gasteiger partial charge >= 0.3 is 0 Å². The second-order valence-electron chi connectivity index (χ2n) is 8.59. The number of hydrogen-bond acceptors (Lipinski definition) is 5. The maximum Gasteiger partial charge on any atom is 0.290 e. The Bertz CT molecular complexity index is 705. The molecule has 3 heterocycles. The Morgan fingerprint density at radius 1 is 1.04 bits per heavy atom. The van der Waals surface area contributed by atoms with Crippen LogP contribution in [-0.2, 0) is 4.74 Å². The minimum atomic E-state index is -0.275. The van der Waals surface area contributed by atoms with Crippen LogP contribution in [0.25, 0.3) is 0 Å². The second kappa shape index (κ2) is 9.14. The zero-order valence-electron chi connectivity index (χ0n) is 17.0. The van der Waals surface area contributed by atoms with Gasteiger partial charge in [-0.1, -0.05) is 30.9 Å². The lowest BCUT2D eigenvalue weighted by atomic mass is 9.92. The van der Waals surface area contributed by atoms with E-state index in [0.29, 0.717) is 12.6 Å². The first-order valence-corrected chi connectivity index (χ1v) is 11.4. The van der Waals surface area contributed by atoms with Gasteiger partial charge in [0.05, 0.1) is 11.9 Å². The molecule has 0 N–H and O–H groups in total. The summed E-state index contributed by atoms with van der Waals surface area (Å²) in [7, 11) is 2.30. The van der Waals surface area contributed by atoms with Gasteiger partial charge < -0.3 is 14.5 Å². The molecule has 6 nitrogen and oxygen atoms in total. The number of piperidine rings is 1. The highest BCUT2D eigenvalue weighted by Gasteiger charge is 2.29. The number of rotatable bonds is 4. The molecule has 1 aromatic rings. The second-order valence-corrected chi connectivity index (χ2v) is 8.97. The van der Waals surface area contributed by atoms with E-state index < -0.39 is 0 Å². The highest BCUT2D eigenvalue weighted by molar-refractivity contribution is 6.33. The zero-order valence-corrected chi connectivity index (χ0v) is 17.7. The Labute approximate surface area is 172 Å². The van der Waals surface area contributed by atoms with Crippen molar-refractivity contribution < 1.29 is 4.74 Å². The van der Waals surface area contributed by atoms with Gasteiger partial charge in [0.1, 0.15) is 5.02 Å². The van der Waals surface area contributed by atoms with E-state index in [9.17, 15) is 4.79 Å². The molecule has 4 rings (SSSR count). The van der Waals surface area contributed by atoms with E-state index in [1.807, 2.05) is 0 Å². The van der Waals surface area contributed by atoms with E-state index in [2.05, 4.69) is 21.9 Å². The minimum absolute atomic E-state index is 0.229. The van der Waals surface area contributed by atoms with Crippen molar-refractivity contribution in [2.45, 2.75) is 82.5 Å². The van der Waals surface area contributed by atoms with E-state index in [0.717, 1.165) is 56.9 Å². The van der Waals surface area contributed by atoms with Crippen LogP contribution in [0.4, 0.5) is 5.69 Å². The highest BCUT2D eigenvalue weighted by Crippen LogP contribution is 2.30. The molecule has 7 heteroatoms. The van der Waals surface area contributed by atoms with E-state index in [1.54, 1.807) is 6.20 Å². The fourth-order valence-corrected chi connectivity index (χ4v) is 5.33. The van der Waals surface area contributed by atoms with Crippen LogP contribution in [0.5, 0.6) is 0 Å². The summed E-state index contributed by atoms with van der Waals surface area (Å²) in [6, 6.07) is 1.37. The lowest BCUT2D eigenvalue weighted by Gasteiger charge is -2.42. The Balaban J connectivity index is 1.40. The lowest BCUT2D eigenvalue weighted by molar-refractivity contribution is -0.0424. The van der Waals surface area contributed by atoms with Gasteiger partial charge in [0.15, 0.2) is 6.23 Å². The van der Waals surface area contributed by atoms with E-state index in [4.69, 9.17) is 16.3 Å². The van der Waals surface area contributed by atoms with Crippen molar-refractivity contribution >= 4 is 17.3 Å². The predicted octanol–water partition coefficient (Wildman–Crippen LogP) is 3.83. The Kier molecular flexibility index (Phi) is 6.59. The molecule has 1 aliphatic carbocycles. The largest absolute Gasteiger partial charge is 0.369 e. The van der Waals surface area contributed by atoms with E-state index in [-0.39, 0.29) is 16.8 Å². The molecule has 1 aromatic heterocycles. The molecule has 0 radical (unpaired) electrons. The number of nitrogens with zero attached hydrogens (tertiary/aromatic N) is 4. The van der Waals surface area contributed by atoms with Gasteiger partial charge in [-0.3, -0.25) is 4.79 Å². The Morgan fingerprint density at radius 3 is 2.39 bits per heavy atom. The lowest BCUT2D eigenvalue weighted by Crippen LogP contribution is -2.48. The highest BCUT2D eigenvalue weighted by atomic mass is 35.5. The summed E-state index contributed by atoms with van der Waals surface area (Å²) in [6.45, 7) is 2.53. The van der Waals surface area contributed by atoms with Crippen molar-refractivity contribution in [1.29, 1.82) is 0 Å². The molecule has 3 aliphatic rings. The molecule has 0 aromatic carbocycles. The average molecular weight is 409 g/mol. The van der Waals surface area contributed by atoms with Gasteiger partial charge in [-0.2, -0.15) is 9.78 Å². The maximum atomic E-state index is 12.8. The summed E-state index contributed by atoms with van der Waals surface area (Å²) in [5.74, 6) is 0. The van der Waals surface area contributed by atoms with Crippen molar-refractivity contribution in [2.24, 2.45) is 0 Å². The summed E-state index contributed by atoms with van der Waals surface area (Å²) in [6.07, 6.45) is 13.4. The van der Waals surface area contributed by atoms with Gasteiger partial charge in [0.25, 0.3) is 5.56 Å². The standard InChI is InChI=1S/C21H33ClN4O2/c1-24(16-7-3-2-4-8-16)17-10-12-25(13-11-17)18-15-23-26(21(27)20(18)22)19-9-5-6-14-28-19/h15-17,19H,2-14H2,1H3. The third kappa shape index (κ3) is 4.24. The van der Waals surface area contributed by atoms with Crippen LogP contribution in [0.3, 0.4) is 0 Å². The molecule has 2 aliphatic heterocycles. The van der Waals surface area contributed by atoms with Gasteiger partial charge in [0.2, 0.25) is 0 Å². The Hall–Kier alpha value is -1.11. The van der Waals surface area contributed by atoms with Crippen LogP contribution in [0.2, 0.25) is 5.02 Å². The van der Waals surface area contributed by atoms with Gasteiger partial charge in [-0.15, -0.1) is 0 Å². The SMILES string of the molecule is CN(C1CCCCC1)C1CCN(c2cnn(C3CCCCO3)c(=O)c2Cl)CC1. The first-order valence-electron chi connectivity index (χ1n) is 11.0. The monoisotopic (exact) mass is 408 g/mol. The third-order valence-electron chi connectivity index (χ3n) is 6.89.